The summed E-state index contributed by atoms with van der Waals surface area (Å²) in [6.45, 7) is 5.38. The average Bonchev–Trinajstić information content (AvgIpc) is 3.41. The van der Waals surface area contributed by atoms with E-state index in [0.717, 1.165) is 37.6 Å². The molecular weight excluding hydrogens is 362 g/mol. The predicted octanol–water partition coefficient (Wildman–Crippen LogP) is 2.87. The zero-order chi connectivity index (χ0) is 18.6. The number of nitrogens with one attached hydrogen (secondary N) is 1. The van der Waals surface area contributed by atoms with Gasteiger partial charge >= 0.3 is 0 Å². The quantitative estimate of drug-likeness (QED) is 0.706. The van der Waals surface area contributed by atoms with Gasteiger partial charge in [0.15, 0.2) is 10.8 Å². The van der Waals surface area contributed by atoms with E-state index in [1.165, 1.54) is 5.69 Å². The first kappa shape index (κ1) is 17.9. The molecule has 0 aromatic carbocycles. The third-order valence-electron chi connectivity index (χ3n) is 4.86. The van der Waals surface area contributed by atoms with E-state index in [1.807, 2.05) is 11.6 Å². The molecule has 7 nitrogen and oxygen atoms in total. The highest BCUT2D eigenvalue weighted by molar-refractivity contribution is 7.12. The standard InChI is InChI=1S/C19H23N5O2S/c1-14-10-17(22-26-14)18(25)21-11-15-4-2-7-23(12-15)13-16-5-3-8-24(16)19-20-6-9-27-19/h3,5-6,8-10,15H,2,4,7,11-13H2,1H3,(H,21,25). The first-order chi connectivity index (χ1) is 13.2. The fourth-order valence-corrected chi connectivity index (χ4v) is 4.22. The van der Waals surface area contributed by atoms with Crippen molar-refractivity contribution in [1.29, 1.82) is 0 Å². The van der Waals surface area contributed by atoms with Gasteiger partial charge in [-0.1, -0.05) is 5.16 Å². The highest BCUT2D eigenvalue weighted by Gasteiger charge is 2.22. The van der Waals surface area contributed by atoms with Crippen LogP contribution in [0.1, 0.15) is 34.8 Å². The summed E-state index contributed by atoms with van der Waals surface area (Å²) in [5.74, 6) is 0.924. The van der Waals surface area contributed by atoms with Crippen molar-refractivity contribution in [1.82, 2.24) is 24.9 Å². The van der Waals surface area contributed by atoms with E-state index in [2.05, 4.69) is 43.3 Å². The Morgan fingerprint density at radius 1 is 1.48 bits per heavy atom. The Labute approximate surface area is 162 Å². The molecule has 1 aliphatic rings. The normalized spacial score (nSPS) is 17.9. The van der Waals surface area contributed by atoms with Crippen LogP contribution in [0.25, 0.3) is 5.13 Å². The Morgan fingerprint density at radius 3 is 3.19 bits per heavy atom. The Kier molecular flexibility index (Phi) is 5.35. The Bertz CT molecular complexity index is 886. The Balaban J connectivity index is 1.32. The SMILES string of the molecule is Cc1cc(C(=O)NCC2CCCN(Cc3cccn3-c3nccs3)C2)no1. The van der Waals surface area contributed by atoms with Crippen molar-refractivity contribution in [3.8, 4) is 5.13 Å². The van der Waals surface area contributed by atoms with Crippen LogP contribution in [0.3, 0.4) is 0 Å². The van der Waals surface area contributed by atoms with Crippen molar-refractivity contribution in [2.24, 2.45) is 5.92 Å². The zero-order valence-corrected chi connectivity index (χ0v) is 16.1. The molecule has 1 aliphatic heterocycles. The lowest BCUT2D eigenvalue weighted by Crippen LogP contribution is -2.40. The van der Waals surface area contributed by atoms with Crippen LogP contribution in [0, 0.1) is 12.8 Å². The number of thiazole rings is 1. The molecule has 1 amide bonds. The van der Waals surface area contributed by atoms with E-state index in [9.17, 15) is 4.79 Å². The number of aryl methyl sites for hydroxylation is 1. The highest BCUT2D eigenvalue weighted by Crippen LogP contribution is 2.21. The number of carbonyl (C=O) groups excluding carboxylic acids is 1. The lowest BCUT2D eigenvalue weighted by atomic mass is 9.98. The summed E-state index contributed by atoms with van der Waals surface area (Å²) in [5, 5.41) is 9.76. The van der Waals surface area contributed by atoms with E-state index in [4.69, 9.17) is 4.52 Å². The van der Waals surface area contributed by atoms with Crippen molar-refractivity contribution in [3.05, 3.63) is 53.1 Å². The third kappa shape index (κ3) is 4.28. The molecule has 4 heterocycles. The maximum absolute atomic E-state index is 12.2. The summed E-state index contributed by atoms with van der Waals surface area (Å²) in [6.07, 6.45) is 6.17. The molecule has 0 bridgehead atoms. The van der Waals surface area contributed by atoms with Gasteiger partial charge in [-0.3, -0.25) is 14.3 Å². The molecule has 1 unspecified atom stereocenters. The molecule has 27 heavy (non-hydrogen) atoms. The van der Waals surface area contributed by atoms with Crippen molar-refractivity contribution in [2.45, 2.75) is 26.3 Å². The van der Waals surface area contributed by atoms with Gasteiger partial charge in [0.05, 0.1) is 0 Å². The first-order valence-electron chi connectivity index (χ1n) is 9.19. The largest absolute Gasteiger partial charge is 0.361 e. The molecule has 0 saturated carbocycles. The predicted molar refractivity (Wildman–Crippen MR) is 103 cm³/mol. The van der Waals surface area contributed by atoms with Crippen molar-refractivity contribution in [3.63, 3.8) is 0 Å². The Hall–Kier alpha value is -2.45. The van der Waals surface area contributed by atoms with Crippen LogP contribution in [-0.2, 0) is 6.54 Å². The number of likely N-dealkylation sites (tertiary alicyclic amines) is 1. The maximum atomic E-state index is 12.2. The summed E-state index contributed by atoms with van der Waals surface area (Å²) < 4.78 is 7.13. The lowest BCUT2D eigenvalue weighted by molar-refractivity contribution is 0.0921. The molecule has 3 aromatic heterocycles. The molecule has 1 fully saturated rings. The molecule has 0 radical (unpaired) electrons. The molecule has 0 aliphatic carbocycles. The number of hydrogen-bond acceptors (Lipinski definition) is 6. The van der Waals surface area contributed by atoms with E-state index in [-0.39, 0.29) is 5.91 Å². The van der Waals surface area contributed by atoms with Crippen LogP contribution in [0.5, 0.6) is 0 Å². The van der Waals surface area contributed by atoms with Gasteiger partial charge in [-0.2, -0.15) is 0 Å². The van der Waals surface area contributed by atoms with Gasteiger partial charge in [0.1, 0.15) is 5.76 Å². The molecule has 4 rings (SSSR count). The number of nitrogens with zero attached hydrogens (tertiary/aromatic N) is 4. The molecule has 1 saturated heterocycles. The second kappa shape index (κ2) is 8.06. The van der Waals surface area contributed by atoms with Crippen LogP contribution in [-0.4, -0.2) is 45.1 Å². The van der Waals surface area contributed by atoms with Crippen molar-refractivity contribution < 1.29 is 9.32 Å². The number of rotatable bonds is 6. The molecule has 8 heteroatoms. The van der Waals surface area contributed by atoms with Crippen LogP contribution in [0.4, 0.5) is 0 Å². The van der Waals surface area contributed by atoms with Gasteiger partial charge < -0.3 is 9.84 Å². The maximum Gasteiger partial charge on any atom is 0.273 e. The zero-order valence-electron chi connectivity index (χ0n) is 15.3. The first-order valence-corrected chi connectivity index (χ1v) is 10.1. The van der Waals surface area contributed by atoms with Gasteiger partial charge in [0.2, 0.25) is 0 Å². The monoisotopic (exact) mass is 385 g/mol. The number of piperidine rings is 1. The van der Waals surface area contributed by atoms with E-state index < -0.39 is 0 Å². The minimum absolute atomic E-state index is 0.165. The number of hydrogen-bond donors (Lipinski definition) is 1. The van der Waals surface area contributed by atoms with Gasteiger partial charge in [0, 0.05) is 49.2 Å². The van der Waals surface area contributed by atoms with Gasteiger partial charge in [-0.05, 0) is 44.4 Å². The van der Waals surface area contributed by atoms with Gasteiger partial charge in [-0.25, -0.2) is 4.98 Å². The number of amides is 1. The smallest absolute Gasteiger partial charge is 0.273 e. The van der Waals surface area contributed by atoms with E-state index >= 15 is 0 Å². The van der Waals surface area contributed by atoms with E-state index in [1.54, 1.807) is 24.3 Å². The number of carbonyl (C=O) groups is 1. The molecular formula is C19H23N5O2S. The van der Waals surface area contributed by atoms with Gasteiger partial charge in [-0.15, -0.1) is 11.3 Å². The summed E-state index contributed by atoms with van der Waals surface area (Å²) in [4.78, 5) is 19.0. The lowest BCUT2D eigenvalue weighted by Gasteiger charge is -2.32. The van der Waals surface area contributed by atoms with Gasteiger partial charge in [0.25, 0.3) is 5.91 Å². The van der Waals surface area contributed by atoms with Crippen LogP contribution >= 0.6 is 11.3 Å². The molecule has 1 N–H and O–H groups in total. The topological polar surface area (TPSA) is 76.2 Å². The molecule has 142 valence electrons. The van der Waals surface area contributed by atoms with E-state index in [0.29, 0.717) is 23.9 Å². The summed E-state index contributed by atoms with van der Waals surface area (Å²) in [5.41, 5.74) is 1.59. The average molecular weight is 385 g/mol. The minimum Gasteiger partial charge on any atom is -0.361 e. The second-order valence-electron chi connectivity index (χ2n) is 6.96. The van der Waals surface area contributed by atoms with Crippen LogP contribution < -0.4 is 5.32 Å². The minimum atomic E-state index is -0.165. The fraction of sp³-hybridized carbons (Fsp3) is 0.421. The summed E-state index contributed by atoms with van der Waals surface area (Å²) in [6, 6.07) is 5.88. The second-order valence-corrected chi connectivity index (χ2v) is 7.83. The van der Waals surface area contributed by atoms with Crippen molar-refractivity contribution in [2.75, 3.05) is 19.6 Å². The summed E-state index contributed by atoms with van der Waals surface area (Å²) >= 11 is 1.64. The third-order valence-corrected chi connectivity index (χ3v) is 5.63. The highest BCUT2D eigenvalue weighted by atomic mass is 32.1. The van der Waals surface area contributed by atoms with Crippen molar-refractivity contribution >= 4 is 17.2 Å². The molecule has 0 spiro atoms. The number of aromatic nitrogens is 3. The fourth-order valence-electron chi connectivity index (χ4n) is 3.56. The van der Waals surface area contributed by atoms with Crippen LogP contribution in [0.2, 0.25) is 0 Å². The molecule has 1 atom stereocenters. The Morgan fingerprint density at radius 2 is 2.41 bits per heavy atom. The van der Waals surface area contributed by atoms with Crippen LogP contribution in [0.15, 0.2) is 40.5 Å². The summed E-state index contributed by atoms with van der Waals surface area (Å²) in [7, 11) is 0. The molecule has 3 aromatic rings.